The maximum absolute atomic E-state index is 11.5. The lowest BCUT2D eigenvalue weighted by Crippen LogP contribution is -2.42. The van der Waals surface area contributed by atoms with Crippen molar-refractivity contribution in [3.8, 4) is 0 Å². The molecule has 0 aromatic rings. The second-order valence-electron chi connectivity index (χ2n) is 3.81. The number of ether oxygens (including phenoxy) is 1. The highest BCUT2D eigenvalue weighted by Gasteiger charge is 2.17. The minimum atomic E-state index is -3.85. The van der Waals surface area contributed by atoms with Gasteiger partial charge in [-0.3, -0.25) is 0 Å². The molecule has 0 aliphatic carbocycles. The number of halogens is 1. The molecule has 0 saturated carbocycles. The molecule has 8 heteroatoms. The van der Waals surface area contributed by atoms with Crippen LogP contribution in [-0.2, 0) is 14.9 Å². The maximum Gasteiger partial charge on any atom is 0.421 e. The molecule has 0 saturated heterocycles. The van der Waals surface area contributed by atoms with Crippen LogP contribution in [0.1, 0.15) is 33.1 Å². The molecule has 1 atom stereocenters. The van der Waals surface area contributed by atoms with Crippen molar-refractivity contribution < 1.29 is 17.9 Å². The van der Waals surface area contributed by atoms with Crippen molar-refractivity contribution in [2.24, 2.45) is 5.92 Å². The topological polar surface area (TPSA) is 84.5 Å². The van der Waals surface area contributed by atoms with Gasteiger partial charge >= 0.3 is 16.3 Å². The van der Waals surface area contributed by atoms with E-state index < -0.39 is 16.3 Å². The van der Waals surface area contributed by atoms with E-state index in [1.54, 1.807) is 11.6 Å². The highest BCUT2D eigenvalue weighted by molar-refractivity contribution is 7.88. The first-order valence-corrected chi connectivity index (χ1v) is 7.97. The van der Waals surface area contributed by atoms with E-state index in [1.165, 1.54) is 0 Å². The Balaban J connectivity index is 4.18. The van der Waals surface area contributed by atoms with E-state index in [0.717, 1.165) is 19.3 Å². The van der Waals surface area contributed by atoms with Crippen LogP contribution in [0, 0.1) is 5.92 Å². The second-order valence-corrected chi connectivity index (χ2v) is 5.68. The molecule has 1 amide bonds. The zero-order valence-electron chi connectivity index (χ0n) is 10.7. The third-order valence-electron chi connectivity index (χ3n) is 2.27. The van der Waals surface area contributed by atoms with Crippen LogP contribution in [0.2, 0.25) is 0 Å². The summed E-state index contributed by atoms with van der Waals surface area (Å²) in [5.74, 6) is 0.656. The fraction of sp³-hybridized carbons (Fsp3) is 0.900. The van der Waals surface area contributed by atoms with Crippen LogP contribution < -0.4 is 9.44 Å². The van der Waals surface area contributed by atoms with Gasteiger partial charge in [0.05, 0.1) is 6.61 Å². The van der Waals surface area contributed by atoms with Gasteiger partial charge in [-0.15, -0.1) is 11.6 Å². The SMILES string of the molecule is CCCC(CCCl)CNS(=O)(=O)NC(=O)OCC. The highest BCUT2D eigenvalue weighted by Crippen LogP contribution is 2.11. The third kappa shape index (κ3) is 8.54. The number of alkyl halides is 1. The molecule has 0 aromatic carbocycles. The molecule has 0 rings (SSSR count). The molecule has 1 unspecified atom stereocenters. The lowest BCUT2D eigenvalue weighted by Gasteiger charge is -2.15. The number of rotatable bonds is 9. The number of carbonyl (C=O) groups is 1. The predicted molar refractivity (Wildman–Crippen MR) is 70.8 cm³/mol. The molecule has 0 spiro atoms. The molecule has 108 valence electrons. The molecule has 2 N–H and O–H groups in total. The molecule has 18 heavy (non-hydrogen) atoms. The van der Waals surface area contributed by atoms with Crippen molar-refractivity contribution in [3.05, 3.63) is 0 Å². The Morgan fingerprint density at radius 3 is 2.50 bits per heavy atom. The van der Waals surface area contributed by atoms with Gasteiger partial charge < -0.3 is 4.74 Å². The predicted octanol–water partition coefficient (Wildman–Crippen LogP) is 1.61. The average Bonchev–Trinajstić information content (AvgIpc) is 2.26. The molecule has 0 aromatic heterocycles. The summed E-state index contributed by atoms with van der Waals surface area (Å²) in [6, 6.07) is 0. The Hall–Kier alpha value is -0.530. The normalized spacial score (nSPS) is 13.1. The third-order valence-corrected chi connectivity index (χ3v) is 3.47. The fourth-order valence-electron chi connectivity index (χ4n) is 1.44. The number of nitrogens with one attached hydrogen (secondary N) is 2. The molecular formula is C10H21ClN2O4S. The zero-order chi connectivity index (χ0) is 14.0. The Bertz CT molecular complexity index is 329. The van der Waals surface area contributed by atoms with E-state index in [0.29, 0.717) is 5.88 Å². The maximum atomic E-state index is 11.5. The van der Waals surface area contributed by atoms with Crippen molar-refractivity contribution in [1.82, 2.24) is 9.44 Å². The monoisotopic (exact) mass is 300 g/mol. The molecule has 6 nitrogen and oxygen atoms in total. The summed E-state index contributed by atoms with van der Waals surface area (Å²) in [4.78, 5) is 11.0. The largest absolute Gasteiger partial charge is 0.449 e. The Morgan fingerprint density at radius 1 is 1.33 bits per heavy atom. The van der Waals surface area contributed by atoms with E-state index in [9.17, 15) is 13.2 Å². The molecule has 0 radical (unpaired) electrons. The van der Waals surface area contributed by atoms with Gasteiger partial charge in [-0.05, 0) is 25.7 Å². The number of hydrogen-bond donors (Lipinski definition) is 2. The Kier molecular flexibility index (Phi) is 9.13. The molecule has 0 fully saturated rings. The number of carbonyl (C=O) groups excluding carboxylic acids is 1. The lowest BCUT2D eigenvalue weighted by atomic mass is 10.0. The standard InChI is InChI=1S/C10H21ClN2O4S/c1-3-5-9(6-7-11)8-12-18(15,16)13-10(14)17-4-2/h9,12H,3-8H2,1-2H3,(H,13,14). The fourth-order valence-corrected chi connectivity index (χ4v) is 2.56. The van der Waals surface area contributed by atoms with Gasteiger partial charge in [-0.1, -0.05) is 13.3 Å². The van der Waals surface area contributed by atoms with Gasteiger partial charge in [0.25, 0.3) is 0 Å². The van der Waals surface area contributed by atoms with Crippen LogP contribution in [0.4, 0.5) is 4.79 Å². The van der Waals surface area contributed by atoms with Crippen LogP contribution in [0.15, 0.2) is 0 Å². The van der Waals surface area contributed by atoms with Gasteiger partial charge in [0.15, 0.2) is 0 Å². The minimum absolute atomic E-state index is 0.117. The molecule has 0 aliphatic rings. The molecular weight excluding hydrogens is 280 g/mol. The van der Waals surface area contributed by atoms with Crippen molar-refractivity contribution in [1.29, 1.82) is 0 Å². The summed E-state index contributed by atoms with van der Waals surface area (Å²) >= 11 is 5.64. The van der Waals surface area contributed by atoms with E-state index in [2.05, 4.69) is 9.46 Å². The first kappa shape index (κ1) is 17.5. The molecule has 0 aliphatic heterocycles. The molecule has 0 heterocycles. The summed E-state index contributed by atoms with van der Waals surface area (Å²) in [7, 11) is -3.85. The lowest BCUT2D eigenvalue weighted by molar-refractivity contribution is 0.158. The minimum Gasteiger partial charge on any atom is -0.449 e. The first-order chi connectivity index (χ1) is 8.45. The van der Waals surface area contributed by atoms with E-state index in [4.69, 9.17) is 11.6 Å². The van der Waals surface area contributed by atoms with Crippen LogP contribution in [0.5, 0.6) is 0 Å². The Labute approximate surface area is 114 Å². The summed E-state index contributed by atoms with van der Waals surface area (Å²) in [6.45, 7) is 3.99. The van der Waals surface area contributed by atoms with Gasteiger partial charge in [0, 0.05) is 12.4 Å². The van der Waals surface area contributed by atoms with Crippen LogP contribution in [0.25, 0.3) is 0 Å². The van der Waals surface area contributed by atoms with Gasteiger partial charge in [-0.25, -0.2) is 9.52 Å². The first-order valence-electron chi connectivity index (χ1n) is 5.95. The molecule has 0 bridgehead atoms. The van der Waals surface area contributed by atoms with E-state index >= 15 is 0 Å². The zero-order valence-corrected chi connectivity index (χ0v) is 12.3. The summed E-state index contributed by atoms with van der Waals surface area (Å²) < 4.78 is 31.5. The van der Waals surface area contributed by atoms with Crippen molar-refractivity contribution >= 4 is 27.9 Å². The summed E-state index contributed by atoms with van der Waals surface area (Å²) in [5.41, 5.74) is 0. The van der Waals surface area contributed by atoms with Crippen molar-refractivity contribution in [2.75, 3.05) is 19.0 Å². The second kappa shape index (κ2) is 9.41. The number of amides is 1. The highest BCUT2D eigenvalue weighted by atomic mass is 35.5. The quantitative estimate of drug-likeness (QED) is 0.634. The van der Waals surface area contributed by atoms with Crippen LogP contribution in [-0.4, -0.2) is 33.5 Å². The number of hydrogen-bond acceptors (Lipinski definition) is 4. The average molecular weight is 301 g/mol. The Morgan fingerprint density at radius 2 is 2.00 bits per heavy atom. The van der Waals surface area contributed by atoms with Gasteiger partial charge in [-0.2, -0.15) is 13.1 Å². The van der Waals surface area contributed by atoms with Crippen LogP contribution in [0.3, 0.4) is 0 Å². The van der Waals surface area contributed by atoms with E-state index in [-0.39, 0.29) is 19.1 Å². The van der Waals surface area contributed by atoms with Crippen molar-refractivity contribution in [3.63, 3.8) is 0 Å². The van der Waals surface area contributed by atoms with Gasteiger partial charge in [0.2, 0.25) is 0 Å². The van der Waals surface area contributed by atoms with Crippen LogP contribution >= 0.6 is 11.6 Å². The van der Waals surface area contributed by atoms with E-state index in [1.807, 2.05) is 6.92 Å². The summed E-state index contributed by atoms with van der Waals surface area (Å²) in [5, 5.41) is 0. The van der Waals surface area contributed by atoms with Crippen molar-refractivity contribution in [2.45, 2.75) is 33.1 Å². The van der Waals surface area contributed by atoms with Gasteiger partial charge in [0.1, 0.15) is 0 Å². The smallest absolute Gasteiger partial charge is 0.421 e. The summed E-state index contributed by atoms with van der Waals surface area (Å²) in [6.07, 6.45) is 1.59.